The van der Waals surface area contributed by atoms with Crippen LogP contribution in [-0.2, 0) is 13.9 Å². The number of amides is 1. The van der Waals surface area contributed by atoms with Crippen LogP contribution >= 0.6 is 23.6 Å². The lowest BCUT2D eigenvalue weighted by Gasteiger charge is -2.06. The monoisotopic (exact) mass is 244 g/mol. The lowest BCUT2D eigenvalue weighted by atomic mass is 10.4. The predicted molar refractivity (Wildman–Crippen MR) is 54.7 cm³/mol. The molecule has 14 heavy (non-hydrogen) atoms. The van der Waals surface area contributed by atoms with Gasteiger partial charge in [0, 0.05) is 12.7 Å². The summed E-state index contributed by atoms with van der Waals surface area (Å²) < 4.78 is 3.90. The van der Waals surface area contributed by atoms with Gasteiger partial charge in [0.2, 0.25) is 5.91 Å². The highest BCUT2D eigenvalue weighted by molar-refractivity contribution is 7.99. The molecule has 0 unspecified atom stereocenters. The Morgan fingerprint density at radius 3 is 2.64 bits per heavy atom. The van der Waals surface area contributed by atoms with Crippen LogP contribution in [0.15, 0.2) is 0 Å². The van der Waals surface area contributed by atoms with E-state index in [0.717, 1.165) is 0 Å². The number of hydrogen-bond acceptors (Lipinski definition) is 5. The summed E-state index contributed by atoms with van der Waals surface area (Å²) >= 11 is 6.12. The van der Waals surface area contributed by atoms with Crippen LogP contribution in [0.4, 0.5) is 0 Å². The molecule has 0 bridgehead atoms. The number of carbonyl (C=O) groups excluding carboxylic acids is 2. The van der Waals surface area contributed by atoms with Gasteiger partial charge in [-0.25, -0.2) is 4.79 Å². The van der Waals surface area contributed by atoms with E-state index in [4.69, 9.17) is 17.6 Å². The molecule has 0 aliphatic heterocycles. The topological polar surface area (TPSA) is 113 Å². The fourth-order valence-electron chi connectivity index (χ4n) is 0.464. The van der Waals surface area contributed by atoms with Gasteiger partial charge in [-0.1, -0.05) is 0 Å². The largest absolute Gasteiger partial charge is 0.412 e. The Kier molecular flexibility index (Phi) is 10.3. The smallest absolute Gasteiger partial charge is 0.342 e. The second-order valence-corrected chi connectivity index (χ2v) is 3.44. The van der Waals surface area contributed by atoms with E-state index in [9.17, 15) is 9.59 Å². The third-order valence-electron chi connectivity index (χ3n) is 1.10. The van der Waals surface area contributed by atoms with Crippen molar-refractivity contribution in [3.05, 3.63) is 0 Å². The summed E-state index contributed by atoms with van der Waals surface area (Å²) in [6.45, 7) is 1.41. The molecule has 1 amide bonds. The molecule has 0 fully saturated rings. The third-order valence-corrected chi connectivity index (χ3v) is 2.19. The molecular weight excluding hydrogens is 232 g/mol. The zero-order chi connectivity index (χ0) is 10.3. The molecular formula is C6H13ClN2O4S. The molecule has 5 N–H and O–H groups in total. The molecule has 0 spiro atoms. The Morgan fingerprint density at radius 2 is 2.21 bits per heavy atom. The maximum Gasteiger partial charge on any atom is 0.342 e. The number of carbonyl (C=O) groups is 2. The number of nitrogens with two attached hydrogens (primary N) is 1. The molecule has 0 aromatic rings. The average molecular weight is 245 g/mol. The maximum absolute atomic E-state index is 10.7. The van der Waals surface area contributed by atoms with E-state index in [-0.39, 0.29) is 11.4 Å². The standard InChI is InChI=1S/C6H11ClN2O3S.H2O/c1-4(10)9-3-13-2-5(8)6(11)12-7;/h5H,2-3,8H2,1H3,(H,9,10);1H2/t5-;/m0./s1. The summed E-state index contributed by atoms with van der Waals surface area (Å²) in [5.41, 5.74) is 5.35. The number of thioether (sulfide) groups is 1. The first-order valence-electron chi connectivity index (χ1n) is 3.48. The Morgan fingerprint density at radius 1 is 1.64 bits per heavy atom. The van der Waals surface area contributed by atoms with Gasteiger partial charge in [0.25, 0.3) is 0 Å². The van der Waals surface area contributed by atoms with Crippen LogP contribution < -0.4 is 11.1 Å². The Labute approximate surface area is 91.0 Å². The van der Waals surface area contributed by atoms with Crippen molar-refractivity contribution in [1.29, 1.82) is 0 Å². The van der Waals surface area contributed by atoms with E-state index in [2.05, 4.69) is 9.61 Å². The van der Waals surface area contributed by atoms with Gasteiger partial charge in [-0.2, -0.15) is 0 Å². The molecule has 1 atom stereocenters. The fraction of sp³-hybridized carbons (Fsp3) is 0.667. The van der Waals surface area contributed by atoms with E-state index in [1.54, 1.807) is 0 Å². The molecule has 8 heteroatoms. The quantitative estimate of drug-likeness (QED) is 0.476. The minimum atomic E-state index is -0.753. The summed E-state index contributed by atoms with van der Waals surface area (Å²) in [5.74, 6) is -0.0252. The van der Waals surface area contributed by atoms with Crippen LogP contribution in [0.1, 0.15) is 6.92 Å². The van der Waals surface area contributed by atoms with Crippen molar-refractivity contribution in [2.45, 2.75) is 13.0 Å². The van der Waals surface area contributed by atoms with Crippen molar-refractivity contribution in [2.24, 2.45) is 5.73 Å². The van der Waals surface area contributed by atoms with Gasteiger partial charge in [-0.05, 0) is 0 Å². The SMILES string of the molecule is CC(=O)NCSC[C@H](N)C(=O)OCl.O. The summed E-state index contributed by atoms with van der Waals surface area (Å²) in [7, 11) is 0. The van der Waals surface area contributed by atoms with Crippen molar-refractivity contribution in [3.8, 4) is 0 Å². The summed E-state index contributed by atoms with van der Waals surface area (Å²) in [6.07, 6.45) is 0. The van der Waals surface area contributed by atoms with E-state index in [1.807, 2.05) is 0 Å². The van der Waals surface area contributed by atoms with Crippen LogP contribution in [0.2, 0.25) is 0 Å². The fourth-order valence-corrected chi connectivity index (χ4v) is 1.39. The summed E-state index contributed by atoms with van der Waals surface area (Å²) in [5, 5.41) is 2.54. The van der Waals surface area contributed by atoms with Crippen LogP contribution in [0.3, 0.4) is 0 Å². The molecule has 0 aromatic carbocycles. The van der Waals surface area contributed by atoms with Gasteiger partial charge in [-0.15, -0.1) is 11.8 Å². The van der Waals surface area contributed by atoms with E-state index in [1.165, 1.54) is 18.7 Å². The minimum Gasteiger partial charge on any atom is -0.412 e. The first kappa shape index (κ1) is 15.9. The molecule has 0 aliphatic carbocycles. The van der Waals surface area contributed by atoms with Gasteiger partial charge in [-0.3, -0.25) is 4.79 Å². The summed E-state index contributed by atoms with van der Waals surface area (Å²) in [4.78, 5) is 21.1. The van der Waals surface area contributed by atoms with Gasteiger partial charge in [0.15, 0.2) is 0 Å². The van der Waals surface area contributed by atoms with Crippen molar-refractivity contribution in [3.63, 3.8) is 0 Å². The van der Waals surface area contributed by atoms with E-state index >= 15 is 0 Å². The Bertz CT molecular complexity index is 193. The van der Waals surface area contributed by atoms with E-state index < -0.39 is 12.0 Å². The number of hydrogen-bond donors (Lipinski definition) is 2. The van der Waals surface area contributed by atoms with Crippen molar-refractivity contribution in [2.75, 3.05) is 11.6 Å². The van der Waals surface area contributed by atoms with E-state index in [0.29, 0.717) is 11.6 Å². The van der Waals surface area contributed by atoms with Crippen molar-refractivity contribution >= 4 is 35.5 Å². The number of halogens is 1. The summed E-state index contributed by atoms with van der Waals surface area (Å²) in [6, 6.07) is -0.753. The molecule has 0 aliphatic rings. The predicted octanol–water partition coefficient (Wildman–Crippen LogP) is -0.987. The van der Waals surface area contributed by atoms with Crippen LogP contribution in [-0.4, -0.2) is 35.0 Å². The Hall–Kier alpha value is -0.500. The molecule has 0 radical (unpaired) electrons. The lowest BCUT2D eigenvalue weighted by Crippen LogP contribution is -2.33. The average Bonchev–Trinajstić information content (AvgIpc) is 2.10. The third kappa shape index (κ3) is 8.11. The molecule has 6 nitrogen and oxygen atoms in total. The normalized spacial score (nSPS) is 11.1. The molecule has 0 aromatic heterocycles. The molecule has 0 heterocycles. The zero-order valence-corrected chi connectivity index (χ0v) is 9.15. The molecule has 0 saturated carbocycles. The zero-order valence-electron chi connectivity index (χ0n) is 7.58. The van der Waals surface area contributed by atoms with Crippen molar-refractivity contribution in [1.82, 2.24) is 5.32 Å². The first-order chi connectivity index (χ1) is 6.07. The van der Waals surface area contributed by atoms with Crippen LogP contribution in [0.25, 0.3) is 0 Å². The van der Waals surface area contributed by atoms with Crippen LogP contribution in [0.5, 0.6) is 0 Å². The molecule has 0 rings (SSSR count). The highest BCUT2D eigenvalue weighted by atomic mass is 35.5. The maximum atomic E-state index is 10.7. The first-order valence-corrected chi connectivity index (χ1v) is 4.94. The van der Waals surface area contributed by atoms with Gasteiger partial charge < -0.3 is 20.8 Å². The molecule has 84 valence electrons. The lowest BCUT2D eigenvalue weighted by molar-refractivity contribution is -0.134. The van der Waals surface area contributed by atoms with Gasteiger partial charge in [0.05, 0.1) is 5.88 Å². The number of rotatable bonds is 5. The highest BCUT2D eigenvalue weighted by Crippen LogP contribution is 2.01. The van der Waals surface area contributed by atoms with Gasteiger partial charge >= 0.3 is 5.97 Å². The second-order valence-electron chi connectivity index (χ2n) is 2.25. The number of nitrogens with one attached hydrogen (secondary N) is 1. The Balaban J connectivity index is 0. The van der Waals surface area contributed by atoms with Gasteiger partial charge in [0.1, 0.15) is 17.9 Å². The highest BCUT2D eigenvalue weighted by Gasteiger charge is 2.14. The van der Waals surface area contributed by atoms with Crippen molar-refractivity contribution < 1.29 is 19.4 Å². The minimum absolute atomic E-state index is 0. The van der Waals surface area contributed by atoms with Crippen LogP contribution in [0, 0.1) is 0 Å². The molecule has 0 saturated heterocycles. The second kappa shape index (κ2) is 9.07.